The summed E-state index contributed by atoms with van der Waals surface area (Å²) in [6.45, 7) is 0. The van der Waals surface area contributed by atoms with Gasteiger partial charge in [0.15, 0.2) is 5.65 Å². The Kier molecular flexibility index (Phi) is 8.79. The van der Waals surface area contributed by atoms with Crippen molar-refractivity contribution >= 4 is 62.5 Å². The van der Waals surface area contributed by atoms with Gasteiger partial charge in [0.05, 0.1) is 10.6 Å². The number of aromatic nitrogens is 4. The van der Waals surface area contributed by atoms with Crippen molar-refractivity contribution in [2.45, 2.75) is 11.3 Å². The van der Waals surface area contributed by atoms with Gasteiger partial charge in [-0.1, -0.05) is 53.5 Å². The van der Waals surface area contributed by atoms with Gasteiger partial charge in [0.2, 0.25) is 0 Å². The Hall–Kier alpha value is -4.28. The maximum atomic E-state index is 13.8. The molecule has 0 atom stereocenters. The predicted octanol–water partition coefficient (Wildman–Crippen LogP) is 6.96. The van der Waals surface area contributed by atoms with Crippen molar-refractivity contribution in [2.24, 2.45) is 0 Å². The third kappa shape index (κ3) is 6.55. The molecule has 1 N–H and O–H groups in total. The average Bonchev–Trinajstić information content (AvgIpc) is 2.98. The van der Waals surface area contributed by atoms with E-state index in [1.807, 2.05) is 48.5 Å². The molecule has 0 unspecified atom stereocenters. The van der Waals surface area contributed by atoms with Crippen LogP contribution in [0.15, 0.2) is 119 Å². The molecule has 0 fully saturated rings. The molecule has 3 heterocycles. The van der Waals surface area contributed by atoms with E-state index in [4.69, 9.17) is 23.2 Å². The van der Waals surface area contributed by atoms with Crippen LogP contribution in [0.4, 0.5) is 5.69 Å². The van der Waals surface area contributed by atoms with Gasteiger partial charge >= 0.3 is 0 Å². The number of pyridine rings is 2. The minimum absolute atomic E-state index is 0. The van der Waals surface area contributed by atoms with Gasteiger partial charge in [0.1, 0.15) is 11.2 Å². The summed E-state index contributed by atoms with van der Waals surface area (Å²) in [6.07, 6.45) is 5.32. The van der Waals surface area contributed by atoms with Crippen molar-refractivity contribution in [3.05, 3.63) is 141 Å². The number of nitrogens with zero attached hydrogens (tertiary/aromatic N) is 4. The summed E-state index contributed by atoms with van der Waals surface area (Å²) in [5, 5.41) is 0.427. The highest BCUT2D eigenvalue weighted by molar-refractivity contribution is 7.92. The van der Waals surface area contributed by atoms with E-state index in [9.17, 15) is 13.2 Å². The predicted molar refractivity (Wildman–Crippen MR) is 172 cm³/mol. The molecule has 0 bridgehead atoms. The van der Waals surface area contributed by atoms with Crippen LogP contribution in [0.3, 0.4) is 0 Å². The third-order valence-corrected chi connectivity index (χ3v) is 8.27. The Balaban J connectivity index is 0.00000368. The van der Waals surface area contributed by atoms with Gasteiger partial charge < -0.3 is 0 Å². The first kappa shape index (κ1) is 30.2. The van der Waals surface area contributed by atoms with Crippen molar-refractivity contribution in [3.63, 3.8) is 0 Å². The summed E-state index contributed by atoms with van der Waals surface area (Å²) in [4.78, 5) is 26.9. The number of rotatable bonds is 7. The standard InChI is InChI=1S/C31H21Cl2N5O3S.ClH/c32-23-16-24(33)18-27(17-23)42(40,41)37-25-8-1-6-21(14-25)22-7-2-9-26(15-22)38-30-28(10-4-12-35-30)36-29(31(38)39)13-20-5-3-11-34-19-20;/h1-12,14-19,37H,13H2;1H. The Morgan fingerprint density at radius 3 is 2.28 bits per heavy atom. The summed E-state index contributed by atoms with van der Waals surface area (Å²) in [6, 6.07) is 25.8. The molecular formula is C31H22Cl3N5O3S. The highest BCUT2D eigenvalue weighted by Gasteiger charge is 2.17. The molecule has 6 rings (SSSR count). The summed E-state index contributed by atoms with van der Waals surface area (Å²) in [5.41, 5.74) is 4.39. The average molecular weight is 651 g/mol. The molecule has 0 aliphatic carbocycles. The Morgan fingerprint density at radius 2 is 1.53 bits per heavy atom. The first-order valence-corrected chi connectivity index (χ1v) is 15.0. The molecule has 8 nitrogen and oxygen atoms in total. The van der Waals surface area contributed by atoms with E-state index in [1.54, 1.807) is 47.4 Å². The van der Waals surface area contributed by atoms with E-state index in [0.717, 1.165) is 16.7 Å². The van der Waals surface area contributed by atoms with Gasteiger partial charge in [-0.05, 0) is 77.4 Å². The molecule has 216 valence electrons. The summed E-state index contributed by atoms with van der Waals surface area (Å²) in [5.74, 6) is 0. The molecule has 0 spiro atoms. The highest BCUT2D eigenvalue weighted by Crippen LogP contribution is 2.28. The van der Waals surface area contributed by atoms with Crippen molar-refractivity contribution in [1.82, 2.24) is 19.5 Å². The number of sulfonamides is 1. The molecule has 0 aliphatic rings. The molecular weight excluding hydrogens is 629 g/mol. The molecule has 0 saturated carbocycles. The first-order chi connectivity index (χ1) is 20.3. The third-order valence-electron chi connectivity index (χ3n) is 6.48. The number of hydrogen-bond acceptors (Lipinski definition) is 6. The quantitative estimate of drug-likeness (QED) is 0.200. The minimum Gasteiger partial charge on any atom is -0.280 e. The highest BCUT2D eigenvalue weighted by atomic mass is 35.5. The number of benzene rings is 3. The summed E-state index contributed by atoms with van der Waals surface area (Å²) >= 11 is 12.0. The second kappa shape index (κ2) is 12.5. The van der Waals surface area contributed by atoms with Crippen molar-refractivity contribution < 1.29 is 8.42 Å². The topological polar surface area (TPSA) is 107 Å². The van der Waals surface area contributed by atoms with Crippen molar-refractivity contribution in [3.8, 4) is 16.8 Å². The zero-order valence-electron chi connectivity index (χ0n) is 22.2. The minimum atomic E-state index is -3.95. The van der Waals surface area contributed by atoms with Gasteiger partial charge in [0, 0.05) is 40.7 Å². The fourth-order valence-corrected chi connectivity index (χ4v) is 6.38. The first-order valence-electron chi connectivity index (χ1n) is 12.7. The number of halogens is 3. The Morgan fingerprint density at radius 1 is 0.814 bits per heavy atom. The normalized spacial score (nSPS) is 11.2. The van der Waals surface area contributed by atoms with Gasteiger partial charge in [-0.3, -0.25) is 19.1 Å². The van der Waals surface area contributed by atoms with Crippen LogP contribution in [-0.2, 0) is 16.4 Å². The van der Waals surface area contributed by atoms with E-state index in [2.05, 4.69) is 19.7 Å². The lowest BCUT2D eigenvalue weighted by Crippen LogP contribution is -2.25. The monoisotopic (exact) mass is 649 g/mol. The molecule has 0 saturated heterocycles. The molecule has 12 heteroatoms. The number of hydrogen-bond donors (Lipinski definition) is 1. The van der Waals surface area contributed by atoms with Gasteiger partial charge in [-0.25, -0.2) is 18.4 Å². The van der Waals surface area contributed by atoms with Crippen LogP contribution in [-0.4, -0.2) is 27.9 Å². The van der Waals surface area contributed by atoms with Crippen LogP contribution < -0.4 is 10.3 Å². The maximum absolute atomic E-state index is 13.8. The fraction of sp³-hybridized carbons (Fsp3) is 0.0323. The fourth-order valence-electron chi connectivity index (χ4n) is 4.60. The molecule has 0 radical (unpaired) electrons. The van der Waals surface area contributed by atoms with Crippen molar-refractivity contribution in [2.75, 3.05) is 4.72 Å². The molecule has 0 amide bonds. The zero-order chi connectivity index (χ0) is 29.3. The van der Waals surface area contributed by atoms with Crippen LogP contribution in [0.5, 0.6) is 0 Å². The Labute approximate surface area is 263 Å². The molecule has 0 aliphatic heterocycles. The van der Waals surface area contributed by atoms with E-state index in [1.165, 1.54) is 18.2 Å². The largest absolute Gasteiger partial charge is 0.280 e. The van der Waals surface area contributed by atoms with Gasteiger partial charge in [-0.15, -0.1) is 12.4 Å². The molecule has 6 aromatic rings. The molecule has 3 aromatic heterocycles. The van der Waals surface area contributed by atoms with Crippen LogP contribution >= 0.6 is 35.6 Å². The lowest BCUT2D eigenvalue weighted by molar-refractivity contribution is 0.601. The summed E-state index contributed by atoms with van der Waals surface area (Å²) < 4.78 is 30.2. The smallest absolute Gasteiger partial charge is 0.278 e. The van der Waals surface area contributed by atoms with Gasteiger partial charge in [-0.2, -0.15) is 0 Å². The van der Waals surface area contributed by atoms with Crippen LogP contribution in [0.2, 0.25) is 10.0 Å². The zero-order valence-corrected chi connectivity index (χ0v) is 25.3. The van der Waals surface area contributed by atoms with Crippen LogP contribution in [0.1, 0.15) is 11.3 Å². The number of nitrogens with one attached hydrogen (secondary N) is 1. The van der Waals surface area contributed by atoms with Crippen LogP contribution in [0, 0.1) is 0 Å². The molecule has 3 aromatic carbocycles. The summed E-state index contributed by atoms with van der Waals surface area (Å²) in [7, 11) is -3.95. The number of anilines is 1. The number of fused-ring (bicyclic) bond motifs is 1. The molecule has 43 heavy (non-hydrogen) atoms. The second-order valence-corrected chi connectivity index (χ2v) is 12.0. The lowest BCUT2D eigenvalue weighted by atomic mass is 10.0. The lowest BCUT2D eigenvalue weighted by Gasteiger charge is -2.14. The van der Waals surface area contributed by atoms with E-state index in [-0.39, 0.29) is 32.9 Å². The Bertz CT molecular complexity index is 2100. The van der Waals surface area contributed by atoms with E-state index >= 15 is 0 Å². The maximum Gasteiger partial charge on any atom is 0.278 e. The van der Waals surface area contributed by atoms with Gasteiger partial charge in [0.25, 0.3) is 15.6 Å². The van der Waals surface area contributed by atoms with E-state index in [0.29, 0.717) is 34.7 Å². The van der Waals surface area contributed by atoms with Crippen molar-refractivity contribution in [1.29, 1.82) is 0 Å². The SMILES string of the molecule is Cl.O=c1c(Cc2cccnc2)nc2cccnc2n1-c1cccc(-c2cccc(NS(=O)(=O)c3cc(Cl)cc(Cl)c3)c2)c1. The van der Waals surface area contributed by atoms with E-state index < -0.39 is 10.0 Å². The second-order valence-electron chi connectivity index (χ2n) is 9.43. The van der Waals surface area contributed by atoms with Crippen LogP contribution in [0.25, 0.3) is 28.0 Å².